The number of benzene rings is 1. The number of amides is 2. The lowest BCUT2D eigenvalue weighted by Crippen LogP contribution is -2.33. The SMILES string of the molecule is O=C(NCCCn1cncn1)C1CC(=O)N(Cc2ccccc2)C1. The number of hydrogen-bond acceptors (Lipinski definition) is 4. The van der Waals surface area contributed by atoms with E-state index in [-0.39, 0.29) is 17.7 Å². The van der Waals surface area contributed by atoms with Crippen LogP contribution < -0.4 is 5.32 Å². The van der Waals surface area contributed by atoms with Crippen molar-refractivity contribution in [2.45, 2.75) is 25.9 Å². The van der Waals surface area contributed by atoms with Crippen LogP contribution in [0.3, 0.4) is 0 Å². The summed E-state index contributed by atoms with van der Waals surface area (Å²) in [5.41, 5.74) is 1.08. The molecule has 0 spiro atoms. The fourth-order valence-corrected chi connectivity index (χ4v) is 2.85. The maximum Gasteiger partial charge on any atom is 0.225 e. The maximum absolute atomic E-state index is 12.2. The van der Waals surface area contributed by atoms with Crippen LogP contribution in [0.5, 0.6) is 0 Å². The highest BCUT2D eigenvalue weighted by molar-refractivity contribution is 5.89. The van der Waals surface area contributed by atoms with E-state index in [0.29, 0.717) is 32.6 Å². The zero-order valence-corrected chi connectivity index (χ0v) is 13.5. The van der Waals surface area contributed by atoms with Gasteiger partial charge < -0.3 is 10.2 Å². The molecule has 0 radical (unpaired) electrons. The molecule has 1 unspecified atom stereocenters. The first-order chi connectivity index (χ1) is 11.7. The van der Waals surface area contributed by atoms with Gasteiger partial charge >= 0.3 is 0 Å². The molecule has 1 aliphatic rings. The quantitative estimate of drug-likeness (QED) is 0.764. The molecular weight excluding hydrogens is 306 g/mol. The summed E-state index contributed by atoms with van der Waals surface area (Å²) in [6.45, 7) is 2.34. The highest BCUT2D eigenvalue weighted by atomic mass is 16.2. The second-order valence-corrected chi connectivity index (χ2v) is 5.96. The van der Waals surface area contributed by atoms with Crippen molar-refractivity contribution in [1.29, 1.82) is 0 Å². The first-order valence-electron chi connectivity index (χ1n) is 8.14. The Hall–Kier alpha value is -2.70. The summed E-state index contributed by atoms with van der Waals surface area (Å²) in [4.78, 5) is 30.0. The number of likely N-dealkylation sites (tertiary alicyclic amines) is 1. The molecule has 1 fully saturated rings. The van der Waals surface area contributed by atoms with Gasteiger partial charge in [-0.1, -0.05) is 30.3 Å². The van der Waals surface area contributed by atoms with Crippen LogP contribution in [-0.4, -0.2) is 44.6 Å². The van der Waals surface area contributed by atoms with Crippen LogP contribution >= 0.6 is 0 Å². The molecule has 1 atom stereocenters. The van der Waals surface area contributed by atoms with Gasteiger partial charge in [-0.15, -0.1) is 0 Å². The van der Waals surface area contributed by atoms with Crippen LogP contribution in [0.4, 0.5) is 0 Å². The van der Waals surface area contributed by atoms with Crippen molar-refractivity contribution in [2.24, 2.45) is 5.92 Å². The molecule has 126 valence electrons. The molecule has 24 heavy (non-hydrogen) atoms. The van der Waals surface area contributed by atoms with Crippen LogP contribution in [0.15, 0.2) is 43.0 Å². The van der Waals surface area contributed by atoms with Crippen LogP contribution in [0.2, 0.25) is 0 Å². The van der Waals surface area contributed by atoms with E-state index in [9.17, 15) is 9.59 Å². The Balaban J connectivity index is 1.42. The van der Waals surface area contributed by atoms with E-state index in [4.69, 9.17) is 0 Å². The third-order valence-electron chi connectivity index (χ3n) is 4.13. The lowest BCUT2D eigenvalue weighted by molar-refractivity contribution is -0.129. The summed E-state index contributed by atoms with van der Waals surface area (Å²) in [5.74, 6) is -0.258. The molecule has 2 aromatic rings. The number of nitrogens with one attached hydrogen (secondary N) is 1. The number of carbonyl (C=O) groups is 2. The molecule has 7 heteroatoms. The van der Waals surface area contributed by atoms with Gasteiger partial charge in [0.15, 0.2) is 0 Å². The predicted molar refractivity (Wildman–Crippen MR) is 87.6 cm³/mol. The van der Waals surface area contributed by atoms with Crippen LogP contribution in [0, 0.1) is 5.92 Å². The van der Waals surface area contributed by atoms with Gasteiger partial charge in [-0.25, -0.2) is 4.98 Å². The minimum absolute atomic E-state index is 0.0432. The van der Waals surface area contributed by atoms with Crippen molar-refractivity contribution in [3.05, 3.63) is 48.5 Å². The molecule has 7 nitrogen and oxygen atoms in total. The van der Waals surface area contributed by atoms with Gasteiger partial charge in [0.05, 0.1) is 5.92 Å². The molecule has 0 bridgehead atoms. The molecule has 0 saturated carbocycles. The molecule has 0 aliphatic carbocycles. The van der Waals surface area contributed by atoms with Gasteiger partial charge in [0.2, 0.25) is 11.8 Å². The molecular formula is C17H21N5O2. The number of nitrogens with zero attached hydrogens (tertiary/aromatic N) is 4. The van der Waals surface area contributed by atoms with Gasteiger partial charge in [0, 0.05) is 32.6 Å². The van der Waals surface area contributed by atoms with Gasteiger partial charge in [-0.2, -0.15) is 5.10 Å². The number of carbonyl (C=O) groups excluding carboxylic acids is 2. The predicted octanol–water partition coefficient (Wildman–Crippen LogP) is 0.833. The third-order valence-corrected chi connectivity index (χ3v) is 4.13. The smallest absolute Gasteiger partial charge is 0.225 e. The number of aromatic nitrogens is 3. The van der Waals surface area contributed by atoms with Gasteiger partial charge in [0.25, 0.3) is 0 Å². The van der Waals surface area contributed by atoms with E-state index < -0.39 is 0 Å². The summed E-state index contributed by atoms with van der Waals surface area (Å²) in [6.07, 6.45) is 4.22. The molecule has 1 aliphatic heterocycles. The molecule has 2 amide bonds. The Morgan fingerprint density at radius 1 is 1.29 bits per heavy atom. The first kappa shape index (κ1) is 16.2. The molecule has 3 rings (SSSR count). The normalized spacial score (nSPS) is 17.2. The monoisotopic (exact) mass is 327 g/mol. The Morgan fingerprint density at radius 2 is 2.12 bits per heavy atom. The van der Waals surface area contributed by atoms with Crippen molar-refractivity contribution in [1.82, 2.24) is 25.0 Å². The number of aryl methyl sites for hydroxylation is 1. The van der Waals surface area contributed by atoms with Crippen molar-refractivity contribution >= 4 is 11.8 Å². The standard InChI is InChI=1S/C17H21N5O2/c23-16-9-15(11-21(16)10-14-5-2-1-3-6-14)17(24)19-7-4-8-22-13-18-12-20-22/h1-3,5-6,12-13,15H,4,7-11H2,(H,19,24). The lowest BCUT2D eigenvalue weighted by atomic mass is 10.1. The third kappa shape index (κ3) is 4.18. The maximum atomic E-state index is 12.2. The highest BCUT2D eigenvalue weighted by Crippen LogP contribution is 2.20. The summed E-state index contributed by atoms with van der Waals surface area (Å²) < 4.78 is 1.73. The largest absolute Gasteiger partial charge is 0.356 e. The van der Waals surface area contributed by atoms with E-state index >= 15 is 0 Å². The Labute approximate surface area is 140 Å². The average molecular weight is 327 g/mol. The summed E-state index contributed by atoms with van der Waals surface area (Å²) >= 11 is 0. The van der Waals surface area contributed by atoms with E-state index in [0.717, 1.165) is 12.0 Å². The van der Waals surface area contributed by atoms with Crippen LogP contribution in [0.1, 0.15) is 18.4 Å². The molecule has 1 N–H and O–H groups in total. The zero-order chi connectivity index (χ0) is 16.8. The van der Waals surface area contributed by atoms with E-state index in [1.807, 2.05) is 30.3 Å². The molecule has 1 aromatic carbocycles. The molecule has 1 aromatic heterocycles. The fraction of sp³-hybridized carbons (Fsp3) is 0.412. The van der Waals surface area contributed by atoms with Crippen molar-refractivity contribution < 1.29 is 9.59 Å². The highest BCUT2D eigenvalue weighted by Gasteiger charge is 2.33. The van der Waals surface area contributed by atoms with Crippen LogP contribution in [-0.2, 0) is 22.7 Å². The van der Waals surface area contributed by atoms with Crippen LogP contribution in [0.25, 0.3) is 0 Å². The lowest BCUT2D eigenvalue weighted by Gasteiger charge is -2.16. The Bertz CT molecular complexity index is 672. The van der Waals surface area contributed by atoms with Crippen molar-refractivity contribution in [3.8, 4) is 0 Å². The van der Waals surface area contributed by atoms with E-state index in [1.165, 1.54) is 6.33 Å². The van der Waals surface area contributed by atoms with E-state index in [1.54, 1.807) is 15.9 Å². The molecule has 1 saturated heterocycles. The van der Waals surface area contributed by atoms with Gasteiger partial charge in [-0.05, 0) is 12.0 Å². The van der Waals surface area contributed by atoms with Crippen molar-refractivity contribution in [2.75, 3.05) is 13.1 Å². The minimum atomic E-state index is -0.257. The fourth-order valence-electron chi connectivity index (χ4n) is 2.85. The van der Waals surface area contributed by atoms with Gasteiger partial charge in [0.1, 0.15) is 12.7 Å². The summed E-state index contributed by atoms with van der Waals surface area (Å²) in [5, 5.41) is 6.92. The van der Waals surface area contributed by atoms with Gasteiger partial charge in [-0.3, -0.25) is 14.3 Å². The first-order valence-corrected chi connectivity index (χ1v) is 8.14. The average Bonchev–Trinajstić information content (AvgIpc) is 3.23. The summed E-state index contributed by atoms with van der Waals surface area (Å²) in [7, 11) is 0. The zero-order valence-electron chi connectivity index (χ0n) is 13.5. The number of hydrogen-bond donors (Lipinski definition) is 1. The minimum Gasteiger partial charge on any atom is -0.356 e. The Morgan fingerprint density at radius 3 is 2.88 bits per heavy atom. The number of rotatable bonds is 7. The van der Waals surface area contributed by atoms with Crippen molar-refractivity contribution in [3.63, 3.8) is 0 Å². The Kier molecular flexibility index (Phi) is 5.20. The van der Waals surface area contributed by atoms with E-state index in [2.05, 4.69) is 15.4 Å². The molecule has 2 heterocycles. The summed E-state index contributed by atoms with van der Waals surface area (Å²) in [6, 6.07) is 9.84. The topological polar surface area (TPSA) is 80.1 Å². The second kappa shape index (κ2) is 7.72. The second-order valence-electron chi connectivity index (χ2n) is 5.96.